The highest BCUT2D eigenvalue weighted by atomic mass is 35.5. The van der Waals surface area contributed by atoms with Crippen LogP contribution in [0.4, 0.5) is 17.1 Å². The number of benzene rings is 2. The van der Waals surface area contributed by atoms with Crippen molar-refractivity contribution in [1.82, 2.24) is 4.90 Å². The Morgan fingerprint density at radius 1 is 1.04 bits per heavy atom. The van der Waals surface area contributed by atoms with Gasteiger partial charge >= 0.3 is 0 Å². The van der Waals surface area contributed by atoms with Crippen LogP contribution in [-0.2, 0) is 0 Å². The molecule has 0 aromatic heterocycles. The molecule has 7 heteroatoms. The largest absolute Gasteiger partial charge is 0.397 e. The van der Waals surface area contributed by atoms with Gasteiger partial charge in [-0.25, -0.2) is 0 Å². The van der Waals surface area contributed by atoms with Crippen LogP contribution in [0.2, 0.25) is 10.0 Å². The Labute approximate surface area is 157 Å². The van der Waals surface area contributed by atoms with Crippen LogP contribution in [0.15, 0.2) is 36.4 Å². The van der Waals surface area contributed by atoms with Gasteiger partial charge in [0, 0.05) is 37.4 Å². The second-order valence-electron chi connectivity index (χ2n) is 6.15. The lowest BCUT2D eigenvalue weighted by atomic mass is 10.1. The van der Waals surface area contributed by atoms with Crippen LogP contribution >= 0.6 is 23.2 Å². The molecular formula is C18H20Cl2N4O. The number of nitrogens with zero attached hydrogens (tertiary/aromatic N) is 2. The highest BCUT2D eigenvalue weighted by Crippen LogP contribution is 2.28. The van der Waals surface area contributed by atoms with Crippen molar-refractivity contribution in [1.29, 1.82) is 0 Å². The molecule has 1 aliphatic heterocycles. The van der Waals surface area contributed by atoms with E-state index in [2.05, 4.69) is 22.2 Å². The monoisotopic (exact) mass is 378 g/mol. The number of nitrogen functional groups attached to an aromatic ring is 1. The predicted octanol–water partition coefficient (Wildman–Crippen LogP) is 3.58. The third kappa shape index (κ3) is 4.18. The summed E-state index contributed by atoms with van der Waals surface area (Å²) in [6.45, 7) is 3.90. The Kier molecular flexibility index (Phi) is 5.37. The molecule has 0 unspecified atom stereocenters. The van der Waals surface area contributed by atoms with Crippen molar-refractivity contribution >= 4 is 46.2 Å². The number of amides is 1. The fourth-order valence-electron chi connectivity index (χ4n) is 2.81. The summed E-state index contributed by atoms with van der Waals surface area (Å²) in [4.78, 5) is 16.9. The average molecular weight is 379 g/mol. The van der Waals surface area contributed by atoms with E-state index >= 15 is 0 Å². The molecule has 1 saturated heterocycles. The molecule has 132 valence electrons. The third-order valence-corrected chi connectivity index (χ3v) is 5.05. The summed E-state index contributed by atoms with van der Waals surface area (Å²) in [7, 11) is 2.11. The lowest BCUT2D eigenvalue weighted by Crippen LogP contribution is -2.44. The van der Waals surface area contributed by atoms with Crippen LogP contribution in [0.25, 0.3) is 0 Å². The Hall–Kier alpha value is -1.95. The van der Waals surface area contributed by atoms with Crippen LogP contribution in [0.1, 0.15) is 10.4 Å². The summed E-state index contributed by atoms with van der Waals surface area (Å²) in [5.74, 6) is -0.259. The van der Waals surface area contributed by atoms with Crippen molar-refractivity contribution < 1.29 is 4.79 Å². The van der Waals surface area contributed by atoms with E-state index in [1.807, 2.05) is 12.1 Å². The lowest BCUT2D eigenvalue weighted by Gasteiger charge is -2.34. The van der Waals surface area contributed by atoms with Crippen molar-refractivity contribution in [2.24, 2.45) is 0 Å². The maximum absolute atomic E-state index is 12.3. The summed E-state index contributed by atoms with van der Waals surface area (Å²) in [5.41, 5.74) is 8.94. The normalized spacial score (nSPS) is 15.2. The molecule has 1 fully saturated rings. The standard InChI is InChI=1S/C18H20Cl2N4O/c1-23-6-8-24(9-7-23)17-5-3-13(11-16(17)21)22-18(25)12-2-4-14(19)15(20)10-12/h2-5,10-11H,6-9,21H2,1H3,(H,22,25). The zero-order valence-corrected chi connectivity index (χ0v) is 15.4. The van der Waals surface area contributed by atoms with Crippen LogP contribution in [0, 0.1) is 0 Å². The number of hydrogen-bond donors (Lipinski definition) is 2. The number of piperazine rings is 1. The van der Waals surface area contributed by atoms with Gasteiger partial charge in [-0.3, -0.25) is 4.79 Å². The minimum absolute atomic E-state index is 0.259. The first-order chi connectivity index (χ1) is 11.9. The first-order valence-corrected chi connectivity index (χ1v) is 8.79. The lowest BCUT2D eigenvalue weighted by molar-refractivity contribution is 0.102. The molecule has 5 nitrogen and oxygen atoms in total. The van der Waals surface area contributed by atoms with E-state index in [-0.39, 0.29) is 5.91 Å². The molecular weight excluding hydrogens is 359 g/mol. The van der Waals surface area contributed by atoms with E-state index in [9.17, 15) is 4.79 Å². The summed E-state index contributed by atoms with van der Waals surface area (Å²) >= 11 is 11.8. The number of hydrogen-bond acceptors (Lipinski definition) is 4. The zero-order valence-electron chi connectivity index (χ0n) is 13.9. The quantitative estimate of drug-likeness (QED) is 0.801. The molecule has 1 heterocycles. The molecule has 0 bridgehead atoms. The van der Waals surface area contributed by atoms with Crippen LogP contribution in [-0.4, -0.2) is 44.0 Å². The highest BCUT2D eigenvalue weighted by Gasteiger charge is 2.17. The van der Waals surface area contributed by atoms with E-state index < -0.39 is 0 Å². The Morgan fingerprint density at radius 2 is 1.76 bits per heavy atom. The van der Waals surface area contributed by atoms with Gasteiger partial charge in [0.1, 0.15) is 0 Å². The van der Waals surface area contributed by atoms with Crippen LogP contribution in [0.5, 0.6) is 0 Å². The second kappa shape index (κ2) is 7.52. The molecule has 0 saturated carbocycles. The van der Waals surface area contributed by atoms with Gasteiger partial charge < -0.3 is 20.9 Å². The fourth-order valence-corrected chi connectivity index (χ4v) is 3.11. The molecule has 1 amide bonds. The number of rotatable bonds is 3. The van der Waals surface area contributed by atoms with E-state index in [0.717, 1.165) is 31.9 Å². The maximum Gasteiger partial charge on any atom is 0.255 e. The first-order valence-electron chi connectivity index (χ1n) is 8.03. The molecule has 0 spiro atoms. The predicted molar refractivity (Wildman–Crippen MR) is 105 cm³/mol. The van der Waals surface area contributed by atoms with Gasteiger partial charge in [-0.15, -0.1) is 0 Å². The molecule has 3 N–H and O–H groups in total. The average Bonchev–Trinajstić information content (AvgIpc) is 2.58. The second-order valence-corrected chi connectivity index (χ2v) is 6.96. The molecule has 25 heavy (non-hydrogen) atoms. The van der Waals surface area contributed by atoms with Crippen molar-refractivity contribution in [2.75, 3.05) is 49.2 Å². The van der Waals surface area contributed by atoms with Crippen molar-refractivity contribution in [3.05, 3.63) is 52.0 Å². The minimum atomic E-state index is -0.259. The van der Waals surface area contributed by atoms with E-state index in [0.29, 0.717) is 27.0 Å². The molecule has 2 aromatic carbocycles. The smallest absolute Gasteiger partial charge is 0.255 e. The fraction of sp³-hybridized carbons (Fsp3) is 0.278. The van der Waals surface area contributed by atoms with Crippen LogP contribution < -0.4 is 16.0 Å². The summed E-state index contributed by atoms with van der Waals surface area (Å²) in [5, 5.41) is 3.60. The highest BCUT2D eigenvalue weighted by molar-refractivity contribution is 6.42. The van der Waals surface area contributed by atoms with E-state index in [1.54, 1.807) is 24.3 Å². The third-order valence-electron chi connectivity index (χ3n) is 4.31. The maximum atomic E-state index is 12.3. The number of nitrogens with two attached hydrogens (primary N) is 1. The van der Waals surface area contributed by atoms with E-state index in [4.69, 9.17) is 28.9 Å². The Morgan fingerprint density at radius 3 is 2.40 bits per heavy atom. The van der Waals surface area contributed by atoms with E-state index in [1.165, 1.54) is 0 Å². The molecule has 0 aliphatic carbocycles. The van der Waals surface area contributed by atoms with Gasteiger partial charge in [0.2, 0.25) is 0 Å². The zero-order chi connectivity index (χ0) is 18.0. The number of carbonyl (C=O) groups is 1. The van der Waals surface area contributed by atoms with Crippen molar-refractivity contribution in [2.45, 2.75) is 0 Å². The molecule has 0 atom stereocenters. The molecule has 1 aliphatic rings. The van der Waals surface area contributed by atoms with Crippen LogP contribution in [0.3, 0.4) is 0 Å². The Balaban J connectivity index is 1.72. The molecule has 2 aromatic rings. The number of anilines is 3. The van der Waals surface area contributed by atoms with Crippen molar-refractivity contribution in [3.8, 4) is 0 Å². The summed E-state index contributed by atoms with van der Waals surface area (Å²) in [6.07, 6.45) is 0. The Bertz CT molecular complexity index is 789. The van der Waals surface area contributed by atoms with Gasteiger partial charge in [0.25, 0.3) is 5.91 Å². The molecule has 0 radical (unpaired) electrons. The number of likely N-dealkylation sites (N-methyl/N-ethyl adjacent to an activating group) is 1. The number of nitrogens with one attached hydrogen (secondary N) is 1. The van der Waals surface area contributed by atoms with Gasteiger partial charge in [0.15, 0.2) is 0 Å². The summed E-state index contributed by atoms with van der Waals surface area (Å²) in [6, 6.07) is 10.4. The molecule has 3 rings (SSSR count). The van der Waals surface area contributed by atoms with Gasteiger partial charge in [-0.2, -0.15) is 0 Å². The van der Waals surface area contributed by atoms with Gasteiger partial charge in [0.05, 0.1) is 21.4 Å². The summed E-state index contributed by atoms with van der Waals surface area (Å²) < 4.78 is 0. The number of carbonyl (C=O) groups excluding carboxylic acids is 1. The topological polar surface area (TPSA) is 61.6 Å². The van der Waals surface area contributed by atoms with Gasteiger partial charge in [-0.1, -0.05) is 23.2 Å². The van der Waals surface area contributed by atoms with Crippen molar-refractivity contribution in [3.63, 3.8) is 0 Å². The van der Waals surface area contributed by atoms with Gasteiger partial charge in [-0.05, 0) is 43.4 Å². The SMILES string of the molecule is CN1CCN(c2ccc(NC(=O)c3ccc(Cl)c(Cl)c3)cc2N)CC1. The minimum Gasteiger partial charge on any atom is -0.397 e. The first kappa shape index (κ1) is 17.9. The number of halogens is 2.